The van der Waals surface area contributed by atoms with Gasteiger partial charge in [0.25, 0.3) is 0 Å². The molecule has 1 amide bonds. The van der Waals surface area contributed by atoms with Crippen molar-refractivity contribution in [1.29, 1.82) is 0 Å². The van der Waals surface area contributed by atoms with Gasteiger partial charge in [0.05, 0.1) is 12.6 Å². The average Bonchev–Trinajstić information content (AvgIpc) is 3.40. The van der Waals surface area contributed by atoms with Crippen molar-refractivity contribution < 1.29 is 9.53 Å². The molecule has 0 bridgehead atoms. The van der Waals surface area contributed by atoms with Crippen molar-refractivity contribution in [2.45, 2.75) is 39.3 Å². The Morgan fingerprint density at radius 2 is 2.00 bits per heavy atom. The van der Waals surface area contributed by atoms with Crippen molar-refractivity contribution >= 4 is 5.91 Å². The third kappa shape index (κ3) is 3.31. The molecule has 8 nitrogen and oxygen atoms in total. The molecule has 1 aromatic carbocycles. The van der Waals surface area contributed by atoms with Crippen molar-refractivity contribution in [2.24, 2.45) is 5.73 Å². The molecule has 1 atom stereocenters. The molecule has 1 aliphatic rings. The van der Waals surface area contributed by atoms with E-state index in [1.807, 2.05) is 34.5 Å². The molecule has 28 heavy (non-hydrogen) atoms. The number of hydrogen-bond donors (Lipinski definition) is 1. The number of hydrogen-bond acceptors (Lipinski definition) is 5. The largest absolute Gasteiger partial charge is 0.379 e. The van der Waals surface area contributed by atoms with E-state index in [2.05, 4.69) is 13.8 Å². The number of carbonyl (C=O) groups excluding carboxylic acids is 1. The first-order valence-corrected chi connectivity index (χ1v) is 9.45. The van der Waals surface area contributed by atoms with Crippen LogP contribution in [0.1, 0.15) is 48.4 Å². The quantitative estimate of drug-likeness (QED) is 0.733. The zero-order chi connectivity index (χ0) is 19.8. The number of aromatic nitrogens is 5. The lowest BCUT2D eigenvalue weighted by molar-refractivity contribution is 0.100. The van der Waals surface area contributed by atoms with E-state index < -0.39 is 5.91 Å². The number of carbonyl (C=O) groups is 1. The summed E-state index contributed by atoms with van der Waals surface area (Å²) in [6.07, 6.45) is 0.889. The number of primary amides is 1. The monoisotopic (exact) mass is 380 g/mol. The third-order valence-corrected chi connectivity index (χ3v) is 4.95. The summed E-state index contributed by atoms with van der Waals surface area (Å²) in [7, 11) is 0. The first-order valence-electron chi connectivity index (χ1n) is 9.45. The second-order valence-corrected chi connectivity index (χ2v) is 7.37. The molecule has 1 saturated heterocycles. The van der Waals surface area contributed by atoms with Gasteiger partial charge in [0.2, 0.25) is 5.91 Å². The smallest absolute Gasteiger partial charge is 0.248 e. The first-order chi connectivity index (χ1) is 13.4. The predicted octanol–water partition coefficient (Wildman–Crippen LogP) is 2.76. The maximum absolute atomic E-state index is 11.3. The number of nitrogens with zero attached hydrogens (tertiary/aromatic N) is 5. The van der Waals surface area contributed by atoms with Crippen LogP contribution in [-0.2, 0) is 4.74 Å². The molecule has 0 saturated carbocycles. The van der Waals surface area contributed by atoms with Crippen molar-refractivity contribution in [3.63, 3.8) is 0 Å². The highest BCUT2D eigenvalue weighted by atomic mass is 16.5. The van der Waals surface area contributed by atoms with Crippen LogP contribution in [0, 0.1) is 6.92 Å². The Kier molecular flexibility index (Phi) is 4.72. The number of rotatable bonds is 5. The average molecular weight is 380 g/mol. The highest BCUT2D eigenvalue weighted by molar-refractivity contribution is 5.93. The van der Waals surface area contributed by atoms with Crippen molar-refractivity contribution in [1.82, 2.24) is 24.5 Å². The van der Waals surface area contributed by atoms with Crippen LogP contribution < -0.4 is 5.73 Å². The molecule has 0 spiro atoms. The Balaban J connectivity index is 1.78. The van der Waals surface area contributed by atoms with Crippen LogP contribution in [0.15, 0.2) is 30.3 Å². The fourth-order valence-corrected chi connectivity index (χ4v) is 3.49. The summed E-state index contributed by atoms with van der Waals surface area (Å²) in [5.74, 6) is 0.866. The number of aryl methyl sites for hydroxylation is 1. The van der Waals surface area contributed by atoms with E-state index in [1.54, 1.807) is 12.1 Å². The van der Waals surface area contributed by atoms with Crippen LogP contribution in [0.2, 0.25) is 0 Å². The van der Waals surface area contributed by atoms with Crippen LogP contribution >= 0.6 is 0 Å². The van der Waals surface area contributed by atoms with Gasteiger partial charge >= 0.3 is 0 Å². The molecule has 1 unspecified atom stereocenters. The zero-order valence-corrected chi connectivity index (χ0v) is 16.3. The summed E-state index contributed by atoms with van der Waals surface area (Å²) in [5, 5.41) is 9.50. The van der Waals surface area contributed by atoms with Crippen LogP contribution in [0.3, 0.4) is 0 Å². The normalized spacial score (nSPS) is 16.8. The van der Waals surface area contributed by atoms with Crippen molar-refractivity contribution in [3.8, 4) is 22.9 Å². The SMILES string of the molecule is Cc1cc(-c2nc(-c3ccc(C(N)=O)cc3)nn2C2CCOC2)nn1C(C)C. The molecule has 2 N–H and O–H groups in total. The zero-order valence-electron chi connectivity index (χ0n) is 16.3. The van der Waals surface area contributed by atoms with Gasteiger partial charge in [-0.05, 0) is 45.4 Å². The second kappa shape index (κ2) is 7.20. The summed E-state index contributed by atoms with van der Waals surface area (Å²) in [5.41, 5.74) is 8.49. The van der Waals surface area contributed by atoms with Gasteiger partial charge in [-0.3, -0.25) is 9.48 Å². The van der Waals surface area contributed by atoms with E-state index in [0.29, 0.717) is 24.6 Å². The topological polar surface area (TPSA) is 101 Å². The van der Waals surface area contributed by atoms with Gasteiger partial charge in [0.15, 0.2) is 11.6 Å². The number of benzene rings is 1. The molecule has 0 radical (unpaired) electrons. The summed E-state index contributed by atoms with van der Waals surface area (Å²) in [6, 6.07) is 9.43. The Morgan fingerprint density at radius 3 is 2.57 bits per heavy atom. The van der Waals surface area contributed by atoms with E-state index in [-0.39, 0.29) is 12.1 Å². The van der Waals surface area contributed by atoms with E-state index in [4.69, 9.17) is 25.7 Å². The fraction of sp³-hybridized carbons (Fsp3) is 0.400. The van der Waals surface area contributed by atoms with Gasteiger partial charge in [-0.25, -0.2) is 9.67 Å². The molecule has 0 aliphatic carbocycles. The van der Waals surface area contributed by atoms with Gasteiger partial charge in [0.1, 0.15) is 5.69 Å². The molecule has 3 heterocycles. The van der Waals surface area contributed by atoms with E-state index in [0.717, 1.165) is 29.2 Å². The minimum atomic E-state index is -0.455. The predicted molar refractivity (Wildman–Crippen MR) is 105 cm³/mol. The molecule has 1 fully saturated rings. The summed E-state index contributed by atoms with van der Waals surface area (Å²) >= 11 is 0. The summed E-state index contributed by atoms with van der Waals surface area (Å²) in [6.45, 7) is 7.57. The standard InChI is InChI=1S/C20H24N6O2/c1-12(2)25-13(3)10-17(23-25)20-22-19(24-26(20)16-8-9-28-11-16)15-6-4-14(5-7-15)18(21)27/h4-7,10,12,16H,8-9,11H2,1-3H3,(H2,21,27). The second-order valence-electron chi connectivity index (χ2n) is 7.37. The Bertz CT molecular complexity index is 996. The lowest BCUT2D eigenvalue weighted by atomic mass is 10.1. The first kappa shape index (κ1) is 18.4. The van der Waals surface area contributed by atoms with Gasteiger partial charge in [0, 0.05) is 29.5 Å². The van der Waals surface area contributed by atoms with Crippen LogP contribution in [-0.4, -0.2) is 43.7 Å². The van der Waals surface area contributed by atoms with Gasteiger partial charge in [-0.1, -0.05) is 12.1 Å². The molecule has 3 aromatic rings. The number of nitrogens with two attached hydrogens (primary N) is 1. The molecule has 8 heteroatoms. The van der Waals surface area contributed by atoms with E-state index in [9.17, 15) is 4.79 Å². The van der Waals surface area contributed by atoms with E-state index >= 15 is 0 Å². The van der Waals surface area contributed by atoms with Crippen molar-refractivity contribution in [3.05, 3.63) is 41.6 Å². The Morgan fingerprint density at radius 1 is 1.25 bits per heavy atom. The molecule has 146 valence electrons. The third-order valence-electron chi connectivity index (χ3n) is 4.95. The fourth-order valence-electron chi connectivity index (χ4n) is 3.49. The van der Waals surface area contributed by atoms with Crippen LogP contribution in [0.5, 0.6) is 0 Å². The molecular formula is C20H24N6O2. The lowest BCUT2D eigenvalue weighted by Crippen LogP contribution is -2.12. The van der Waals surface area contributed by atoms with Crippen molar-refractivity contribution in [2.75, 3.05) is 13.2 Å². The summed E-state index contributed by atoms with van der Waals surface area (Å²) < 4.78 is 9.48. The Labute approximate surface area is 163 Å². The highest BCUT2D eigenvalue weighted by Gasteiger charge is 2.26. The lowest BCUT2D eigenvalue weighted by Gasteiger charge is -2.10. The minimum absolute atomic E-state index is 0.130. The van der Waals surface area contributed by atoms with Gasteiger partial charge in [-0.15, -0.1) is 0 Å². The Hall–Kier alpha value is -3.00. The summed E-state index contributed by atoms with van der Waals surface area (Å²) in [4.78, 5) is 16.1. The van der Waals surface area contributed by atoms with Gasteiger partial charge in [-0.2, -0.15) is 10.2 Å². The van der Waals surface area contributed by atoms with Crippen LogP contribution in [0.4, 0.5) is 0 Å². The molecule has 2 aromatic heterocycles. The van der Waals surface area contributed by atoms with E-state index in [1.165, 1.54) is 0 Å². The maximum atomic E-state index is 11.3. The highest BCUT2D eigenvalue weighted by Crippen LogP contribution is 2.29. The maximum Gasteiger partial charge on any atom is 0.248 e. The number of amides is 1. The molecule has 1 aliphatic heterocycles. The van der Waals surface area contributed by atoms with Crippen LogP contribution in [0.25, 0.3) is 22.9 Å². The molecule has 4 rings (SSSR count). The number of ether oxygens (including phenoxy) is 1. The molecular weight excluding hydrogens is 356 g/mol. The minimum Gasteiger partial charge on any atom is -0.379 e. The van der Waals surface area contributed by atoms with Gasteiger partial charge < -0.3 is 10.5 Å².